The van der Waals surface area contributed by atoms with Crippen molar-refractivity contribution in [2.24, 2.45) is 0 Å². The monoisotopic (exact) mass is 553 g/mol. The van der Waals surface area contributed by atoms with E-state index in [1.54, 1.807) is 11.0 Å². The summed E-state index contributed by atoms with van der Waals surface area (Å²) >= 11 is 0. The Bertz CT molecular complexity index is 1160. The zero-order chi connectivity index (χ0) is 28.9. The number of amides is 3. The highest BCUT2D eigenvalue weighted by Crippen LogP contribution is 2.26. The third-order valence-electron chi connectivity index (χ3n) is 7.68. The average molecular weight is 553 g/mol. The topological polar surface area (TPSA) is 156 Å². The summed E-state index contributed by atoms with van der Waals surface area (Å²) in [5.41, 5.74) is 0.201. The minimum absolute atomic E-state index is 0.00241. The summed E-state index contributed by atoms with van der Waals surface area (Å²) in [5, 5.41) is 31.9. The van der Waals surface area contributed by atoms with Gasteiger partial charge in [0.2, 0.25) is 0 Å². The lowest BCUT2D eigenvalue weighted by Crippen LogP contribution is -2.58. The summed E-state index contributed by atoms with van der Waals surface area (Å²) in [4.78, 5) is 43.1. The first-order valence-corrected chi connectivity index (χ1v) is 13.5. The molecule has 1 aromatic rings. The number of piperazine rings is 1. The number of cyclic esters (lactones) is 1. The number of hydrogen-bond acceptors (Lipinski definition) is 9. The molecule has 0 spiro atoms. The number of fused-ring (bicyclic) bond motifs is 1. The van der Waals surface area contributed by atoms with Gasteiger partial charge in [0.25, 0.3) is 5.91 Å². The van der Waals surface area contributed by atoms with Gasteiger partial charge in [0, 0.05) is 31.7 Å². The molecule has 12 nitrogen and oxygen atoms in total. The maximum Gasteiger partial charge on any atom is 0.475 e. The van der Waals surface area contributed by atoms with E-state index in [1.165, 1.54) is 4.90 Å². The molecule has 0 aromatic heterocycles. The van der Waals surface area contributed by atoms with Crippen molar-refractivity contribution < 1.29 is 33.9 Å². The number of ether oxygens (including phenoxy) is 2. The first kappa shape index (κ1) is 29.4. The number of hydrogen-bond donors (Lipinski definition) is 3. The molecule has 40 heavy (non-hydrogen) atoms. The van der Waals surface area contributed by atoms with Crippen LogP contribution in [0.1, 0.15) is 32.3 Å². The fourth-order valence-corrected chi connectivity index (χ4v) is 5.42. The van der Waals surface area contributed by atoms with Crippen LogP contribution in [0.5, 0.6) is 0 Å². The van der Waals surface area contributed by atoms with Crippen molar-refractivity contribution in [2.45, 2.75) is 56.7 Å². The Morgan fingerprint density at radius 3 is 2.70 bits per heavy atom. The number of carbonyl (C=O) groups is 3. The second-order valence-corrected chi connectivity index (χ2v) is 11.0. The predicted octanol–water partition coefficient (Wildman–Crippen LogP) is 0.692. The van der Waals surface area contributed by atoms with Gasteiger partial charge < -0.3 is 29.7 Å². The normalized spacial score (nSPS) is 22.6. The van der Waals surface area contributed by atoms with E-state index >= 15 is 0 Å². The van der Waals surface area contributed by atoms with Crippen LogP contribution in [0, 0.1) is 11.3 Å². The summed E-state index contributed by atoms with van der Waals surface area (Å²) in [6.45, 7) is 6.41. The Labute approximate surface area is 234 Å². The molecule has 3 amide bonds. The fraction of sp³-hybridized carbons (Fsp3) is 0.556. The summed E-state index contributed by atoms with van der Waals surface area (Å²) in [6, 6.07) is 11.1. The second-order valence-electron chi connectivity index (χ2n) is 11.0. The summed E-state index contributed by atoms with van der Waals surface area (Å²) in [6.07, 6.45) is 1.27. The van der Waals surface area contributed by atoms with Crippen LogP contribution in [0.4, 0.5) is 9.59 Å². The smallest absolute Gasteiger partial charge is 0.447 e. The second kappa shape index (κ2) is 12.7. The van der Waals surface area contributed by atoms with Crippen molar-refractivity contribution in [3.05, 3.63) is 47.5 Å². The molecule has 3 aliphatic rings. The molecular weight excluding hydrogens is 517 g/mol. The molecule has 1 aromatic carbocycles. The van der Waals surface area contributed by atoms with Gasteiger partial charge in [0.1, 0.15) is 24.4 Å². The summed E-state index contributed by atoms with van der Waals surface area (Å²) in [7, 11) is -1.78. The number of alkyl carbamates (subject to hydrolysis) is 1. The van der Waals surface area contributed by atoms with Crippen LogP contribution in [0.25, 0.3) is 0 Å². The lowest BCUT2D eigenvalue weighted by Gasteiger charge is -2.43. The zero-order valence-corrected chi connectivity index (χ0v) is 22.9. The predicted molar refractivity (Wildman–Crippen MR) is 145 cm³/mol. The number of likely N-dealkylation sites (tertiary alicyclic amines) is 1. The minimum atomic E-state index is -1.78. The van der Waals surface area contributed by atoms with Gasteiger partial charge in [-0.05, 0) is 44.7 Å². The molecule has 3 fully saturated rings. The van der Waals surface area contributed by atoms with Gasteiger partial charge in [0.05, 0.1) is 18.5 Å². The highest BCUT2D eigenvalue weighted by molar-refractivity contribution is 6.43. The maximum absolute atomic E-state index is 13.3. The highest BCUT2D eigenvalue weighted by atomic mass is 16.6. The number of nitrogens with zero attached hydrogens (tertiary/aromatic N) is 4. The molecule has 3 aliphatic heterocycles. The molecule has 0 saturated carbocycles. The van der Waals surface area contributed by atoms with Gasteiger partial charge in [-0.2, -0.15) is 5.26 Å². The Morgan fingerprint density at radius 2 is 2.00 bits per heavy atom. The van der Waals surface area contributed by atoms with Gasteiger partial charge in [-0.25, -0.2) is 9.59 Å². The van der Waals surface area contributed by atoms with Crippen molar-refractivity contribution in [3.8, 4) is 6.07 Å². The third kappa shape index (κ3) is 7.13. The largest absolute Gasteiger partial charge is 0.475 e. The van der Waals surface area contributed by atoms with Crippen LogP contribution in [-0.2, 0) is 20.7 Å². The Kier molecular flexibility index (Phi) is 9.34. The molecule has 13 heteroatoms. The number of nitriles is 1. The van der Waals surface area contributed by atoms with Gasteiger partial charge in [-0.1, -0.05) is 30.3 Å². The fourth-order valence-electron chi connectivity index (χ4n) is 5.42. The Morgan fingerprint density at radius 1 is 1.25 bits per heavy atom. The molecule has 0 bridgehead atoms. The van der Waals surface area contributed by atoms with Crippen LogP contribution < -0.4 is 5.32 Å². The number of piperidine rings is 1. The summed E-state index contributed by atoms with van der Waals surface area (Å²) in [5.74, 6) is -1.41. The standard InChI is InChI=1S/C27H36BN5O7/c1-27(2,32-11-12-33-21(16-32)18-39-26(33)36)14-20(15-29)24(34)31-10-6-9-22(17-31)40-25(35)30-23(28(37)38)13-19-7-4-3-5-8-19/h3-5,7-8,14,21-23,37-38H,6,9-13,16-18H2,1-2H3,(H,30,35)/t21?,22?,23-/m0/s1. The van der Waals surface area contributed by atoms with Crippen LogP contribution in [0.2, 0.25) is 0 Å². The van der Waals surface area contributed by atoms with E-state index in [2.05, 4.69) is 10.2 Å². The zero-order valence-electron chi connectivity index (χ0n) is 22.9. The van der Waals surface area contributed by atoms with Crippen molar-refractivity contribution in [2.75, 3.05) is 39.3 Å². The first-order chi connectivity index (χ1) is 19.1. The quantitative estimate of drug-likeness (QED) is 0.240. The van der Waals surface area contributed by atoms with Crippen LogP contribution in [0.15, 0.2) is 42.0 Å². The lowest BCUT2D eigenvalue weighted by molar-refractivity contribution is -0.129. The molecular formula is C27H36BN5O7. The molecule has 2 unspecified atom stereocenters. The van der Waals surface area contributed by atoms with Crippen molar-refractivity contribution in [1.82, 2.24) is 20.0 Å². The average Bonchev–Trinajstić information content (AvgIpc) is 3.31. The molecule has 3 atom stereocenters. The molecule has 214 valence electrons. The Hall–Kier alpha value is -3.60. The van der Waals surface area contributed by atoms with E-state index in [0.717, 1.165) is 5.56 Å². The van der Waals surface area contributed by atoms with Crippen molar-refractivity contribution >= 4 is 25.2 Å². The number of nitrogens with one attached hydrogen (secondary N) is 1. The molecule has 0 aliphatic carbocycles. The Balaban J connectivity index is 1.34. The van der Waals surface area contributed by atoms with E-state index in [0.29, 0.717) is 45.6 Å². The molecule has 0 radical (unpaired) electrons. The number of carbonyl (C=O) groups excluding carboxylic acids is 3. The lowest BCUT2D eigenvalue weighted by atomic mass is 9.76. The van der Waals surface area contributed by atoms with Crippen molar-refractivity contribution in [3.63, 3.8) is 0 Å². The van der Waals surface area contributed by atoms with Gasteiger partial charge in [-0.3, -0.25) is 14.6 Å². The van der Waals surface area contributed by atoms with E-state index in [-0.39, 0.29) is 30.7 Å². The van der Waals surface area contributed by atoms with Crippen LogP contribution in [0.3, 0.4) is 0 Å². The van der Waals surface area contributed by atoms with E-state index in [1.807, 2.05) is 50.2 Å². The van der Waals surface area contributed by atoms with E-state index < -0.39 is 36.7 Å². The van der Waals surface area contributed by atoms with Gasteiger partial charge >= 0.3 is 19.3 Å². The first-order valence-electron chi connectivity index (χ1n) is 13.5. The van der Waals surface area contributed by atoms with Gasteiger partial charge in [-0.15, -0.1) is 0 Å². The van der Waals surface area contributed by atoms with E-state index in [9.17, 15) is 29.7 Å². The number of rotatable bonds is 8. The molecule has 3 heterocycles. The maximum atomic E-state index is 13.3. The van der Waals surface area contributed by atoms with E-state index in [4.69, 9.17) is 9.47 Å². The van der Waals surface area contributed by atoms with Gasteiger partial charge in [0.15, 0.2) is 0 Å². The molecule has 3 N–H and O–H groups in total. The minimum Gasteiger partial charge on any atom is -0.447 e. The summed E-state index contributed by atoms with van der Waals surface area (Å²) < 4.78 is 10.7. The molecule has 4 rings (SSSR count). The molecule has 3 saturated heterocycles. The number of benzene rings is 1. The van der Waals surface area contributed by atoms with Crippen LogP contribution in [-0.4, -0.2) is 113 Å². The SMILES string of the molecule is CC(C)(C=C(C#N)C(=O)N1CCCC(OC(=O)N[C@@H](Cc2ccccc2)B(O)O)C1)N1CCN2C(=O)OCC2C1. The third-order valence-corrected chi connectivity index (χ3v) is 7.68. The van der Waals surface area contributed by atoms with Crippen LogP contribution >= 0.6 is 0 Å². The highest BCUT2D eigenvalue weighted by Gasteiger charge is 2.41. The van der Waals surface area contributed by atoms with Crippen molar-refractivity contribution in [1.29, 1.82) is 5.26 Å².